The molecule has 0 aliphatic carbocycles. The van der Waals surface area contributed by atoms with Crippen molar-refractivity contribution in [1.82, 2.24) is 4.90 Å². The lowest BCUT2D eigenvalue weighted by Gasteiger charge is -2.23. The first-order valence-electron chi connectivity index (χ1n) is 6.47. The van der Waals surface area contributed by atoms with Gasteiger partial charge in [0, 0.05) is 6.54 Å². The van der Waals surface area contributed by atoms with E-state index in [1.165, 1.54) is 22.3 Å². The monoisotopic (exact) mass is 233 g/mol. The van der Waals surface area contributed by atoms with E-state index in [9.17, 15) is 0 Å². The number of rotatable bonds is 3. The van der Waals surface area contributed by atoms with Gasteiger partial charge in [0.25, 0.3) is 0 Å². The fraction of sp³-hybridized carbons (Fsp3) is 0.625. The molecule has 0 radical (unpaired) electrons. The van der Waals surface area contributed by atoms with Crippen LogP contribution in [0.1, 0.15) is 43.0 Å². The van der Waals surface area contributed by atoms with Crippen molar-refractivity contribution in [2.75, 3.05) is 20.6 Å². The zero-order valence-corrected chi connectivity index (χ0v) is 12.5. The number of aryl methyl sites for hydroxylation is 2. The maximum atomic E-state index is 2.36. The highest BCUT2D eigenvalue weighted by atomic mass is 15.0. The van der Waals surface area contributed by atoms with Crippen LogP contribution >= 0.6 is 0 Å². The molecule has 0 saturated heterocycles. The lowest BCUT2D eigenvalue weighted by atomic mass is 9.83. The molecule has 0 amide bonds. The number of hydrogen-bond acceptors (Lipinski definition) is 1. The third-order valence-electron chi connectivity index (χ3n) is 3.37. The summed E-state index contributed by atoms with van der Waals surface area (Å²) in [7, 11) is 4.27. The first-order valence-corrected chi connectivity index (χ1v) is 6.47. The van der Waals surface area contributed by atoms with Crippen molar-refractivity contribution in [3.05, 3.63) is 34.4 Å². The normalized spacial score (nSPS) is 12.2. The minimum absolute atomic E-state index is 0.246. The second kappa shape index (κ2) is 5.22. The lowest BCUT2D eigenvalue weighted by molar-refractivity contribution is 0.413. The zero-order chi connectivity index (χ0) is 13.2. The summed E-state index contributed by atoms with van der Waals surface area (Å²) < 4.78 is 0. The van der Waals surface area contributed by atoms with Gasteiger partial charge in [-0.15, -0.1) is 0 Å². The van der Waals surface area contributed by atoms with Crippen LogP contribution in [0.15, 0.2) is 12.1 Å². The topological polar surface area (TPSA) is 3.24 Å². The molecule has 0 fully saturated rings. The Labute approximate surface area is 107 Å². The van der Waals surface area contributed by atoms with Crippen LogP contribution in [0, 0.1) is 13.8 Å². The Morgan fingerprint density at radius 2 is 1.47 bits per heavy atom. The van der Waals surface area contributed by atoms with Crippen LogP contribution in [0.3, 0.4) is 0 Å². The minimum Gasteiger partial charge on any atom is -0.309 e. The van der Waals surface area contributed by atoms with E-state index in [0.29, 0.717) is 0 Å². The molecule has 0 saturated carbocycles. The van der Waals surface area contributed by atoms with E-state index in [4.69, 9.17) is 0 Å². The van der Waals surface area contributed by atoms with Crippen molar-refractivity contribution in [2.45, 2.75) is 46.5 Å². The fourth-order valence-corrected chi connectivity index (χ4v) is 2.16. The second-order valence-corrected chi connectivity index (χ2v) is 6.39. The second-order valence-electron chi connectivity index (χ2n) is 6.39. The molecule has 0 aliphatic rings. The van der Waals surface area contributed by atoms with E-state index in [1.54, 1.807) is 0 Å². The quantitative estimate of drug-likeness (QED) is 0.769. The van der Waals surface area contributed by atoms with Gasteiger partial charge in [0.15, 0.2) is 0 Å². The summed E-state index contributed by atoms with van der Waals surface area (Å²) >= 11 is 0. The van der Waals surface area contributed by atoms with Gasteiger partial charge in [-0.2, -0.15) is 0 Å². The first kappa shape index (κ1) is 14.2. The number of hydrogen-bond donors (Lipinski definition) is 0. The smallest absolute Gasteiger partial charge is 0.00159 e. The van der Waals surface area contributed by atoms with Crippen molar-refractivity contribution in [3.8, 4) is 0 Å². The Kier molecular flexibility index (Phi) is 4.37. The molecule has 1 heteroatoms. The summed E-state index contributed by atoms with van der Waals surface area (Å²) in [5.41, 5.74) is 6.09. The molecule has 0 aliphatic heterocycles. The van der Waals surface area contributed by atoms with Gasteiger partial charge in [0.05, 0.1) is 0 Å². The van der Waals surface area contributed by atoms with Crippen LogP contribution in [-0.2, 0) is 11.8 Å². The van der Waals surface area contributed by atoms with Crippen LogP contribution < -0.4 is 0 Å². The predicted octanol–water partition coefficient (Wildman–Crippen LogP) is 3.71. The van der Waals surface area contributed by atoms with Gasteiger partial charge in [-0.3, -0.25) is 0 Å². The number of likely N-dealkylation sites (N-methyl/N-ethyl adjacent to an activating group) is 1. The van der Waals surface area contributed by atoms with Crippen LogP contribution in [0.25, 0.3) is 0 Å². The summed E-state index contributed by atoms with van der Waals surface area (Å²) in [6.07, 6.45) is 1.15. The van der Waals surface area contributed by atoms with E-state index < -0.39 is 0 Å². The Hall–Kier alpha value is -0.820. The van der Waals surface area contributed by atoms with Crippen molar-refractivity contribution < 1.29 is 0 Å². The van der Waals surface area contributed by atoms with E-state index >= 15 is 0 Å². The molecule has 0 heterocycles. The summed E-state index contributed by atoms with van der Waals surface area (Å²) in [6.45, 7) is 12.4. The highest BCUT2D eigenvalue weighted by Gasteiger charge is 2.16. The van der Waals surface area contributed by atoms with Crippen LogP contribution in [0.4, 0.5) is 0 Å². The summed E-state index contributed by atoms with van der Waals surface area (Å²) in [5, 5.41) is 0. The molecule has 0 atom stereocenters. The maximum Gasteiger partial charge on any atom is 0.00159 e. The average Bonchev–Trinajstić information content (AvgIpc) is 2.14. The molecule has 0 bridgehead atoms. The molecule has 0 aromatic heterocycles. The Morgan fingerprint density at radius 3 is 1.82 bits per heavy atom. The van der Waals surface area contributed by atoms with Crippen LogP contribution in [-0.4, -0.2) is 25.5 Å². The molecule has 0 spiro atoms. The minimum atomic E-state index is 0.246. The van der Waals surface area contributed by atoms with E-state index in [0.717, 1.165) is 13.0 Å². The zero-order valence-electron chi connectivity index (χ0n) is 12.5. The van der Waals surface area contributed by atoms with Gasteiger partial charge in [0.1, 0.15) is 0 Å². The molecule has 0 unspecified atom stereocenters. The van der Waals surface area contributed by atoms with Crippen molar-refractivity contribution in [1.29, 1.82) is 0 Å². The van der Waals surface area contributed by atoms with Gasteiger partial charge < -0.3 is 4.90 Å². The molecule has 96 valence electrons. The molecule has 1 rings (SSSR count). The third kappa shape index (κ3) is 3.85. The molecular weight excluding hydrogens is 206 g/mol. The van der Waals surface area contributed by atoms with Gasteiger partial charge in [-0.25, -0.2) is 0 Å². The van der Waals surface area contributed by atoms with Crippen molar-refractivity contribution >= 4 is 0 Å². The Balaban J connectivity index is 3.03. The van der Waals surface area contributed by atoms with E-state index in [1.807, 2.05) is 0 Å². The van der Waals surface area contributed by atoms with Gasteiger partial charge in [0.2, 0.25) is 0 Å². The third-order valence-corrected chi connectivity index (χ3v) is 3.37. The lowest BCUT2D eigenvalue weighted by Crippen LogP contribution is -2.17. The standard InChI is InChI=1S/C16H27N/c1-12-10-14(16(3,4)5)11-13(2)15(12)8-9-17(6)7/h10-11H,8-9H2,1-7H3. The Morgan fingerprint density at radius 1 is 1.00 bits per heavy atom. The van der Waals surface area contributed by atoms with Crippen molar-refractivity contribution in [2.24, 2.45) is 0 Å². The highest BCUT2D eigenvalue weighted by molar-refractivity contribution is 5.40. The van der Waals surface area contributed by atoms with Crippen LogP contribution in [0.5, 0.6) is 0 Å². The predicted molar refractivity (Wildman–Crippen MR) is 76.9 cm³/mol. The summed E-state index contributed by atoms with van der Waals surface area (Å²) in [4.78, 5) is 2.25. The average molecular weight is 233 g/mol. The summed E-state index contributed by atoms with van der Waals surface area (Å²) in [5.74, 6) is 0. The SMILES string of the molecule is Cc1cc(C(C)(C)C)cc(C)c1CCN(C)C. The fourth-order valence-electron chi connectivity index (χ4n) is 2.16. The molecular formula is C16H27N. The van der Waals surface area contributed by atoms with Gasteiger partial charge in [-0.1, -0.05) is 32.9 Å². The summed E-state index contributed by atoms with van der Waals surface area (Å²) in [6, 6.07) is 4.72. The van der Waals surface area contributed by atoms with E-state index in [-0.39, 0.29) is 5.41 Å². The number of nitrogens with zero attached hydrogens (tertiary/aromatic N) is 1. The van der Waals surface area contributed by atoms with E-state index in [2.05, 4.69) is 65.7 Å². The molecule has 1 aromatic rings. The molecule has 1 aromatic carbocycles. The molecule has 0 N–H and O–H groups in total. The molecule has 1 nitrogen and oxygen atoms in total. The largest absolute Gasteiger partial charge is 0.309 e. The maximum absolute atomic E-state index is 2.36. The van der Waals surface area contributed by atoms with Gasteiger partial charge in [-0.05, 0) is 62.0 Å². The van der Waals surface area contributed by atoms with Crippen molar-refractivity contribution in [3.63, 3.8) is 0 Å². The van der Waals surface area contributed by atoms with Gasteiger partial charge >= 0.3 is 0 Å². The highest BCUT2D eigenvalue weighted by Crippen LogP contribution is 2.27. The molecule has 17 heavy (non-hydrogen) atoms. The first-order chi connectivity index (χ1) is 7.71. The number of benzene rings is 1. The van der Waals surface area contributed by atoms with Crippen LogP contribution in [0.2, 0.25) is 0 Å². The Bertz CT molecular complexity index is 360.